The van der Waals surface area contributed by atoms with Crippen LogP contribution in [0.4, 0.5) is 5.69 Å². The monoisotopic (exact) mass is 446 g/mol. The minimum absolute atomic E-state index is 0.0211. The van der Waals surface area contributed by atoms with Crippen molar-refractivity contribution in [3.8, 4) is 5.75 Å². The third kappa shape index (κ3) is 3.23. The Kier molecular flexibility index (Phi) is 4.56. The van der Waals surface area contributed by atoms with E-state index < -0.39 is 15.6 Å². The van der Waals surface area contributed by atoms with E-state index in [1.54, 1.807) is 31.2 Å². The molecule has 160 valence electrons. The number of rotatable bonds is 3. The predicted molar refractivity (Wildman–Crippen MR) is 122 cm³/mol. The first kappa shape index (κ1) is 20.0. The summed E-state index contributed by atoms with van der Waals surface area (Å²) in [5.74, 6) is -0.601. The van der Waals surface area contributed by atoms with E-state index in [0.29, 0.717) is 11.1 Å². The van der Waals surface area contributed by atoms with Crippen LogP contribution in [0.5, 0.6) is 5.75 Å². The Labute approximate surface area is 183 Å². The van der Waals surface area contributed by atoms with E-state index in [2.05, 4.69) is 14.7 Å². The van der Waals surface area contributed by atoms with Crippen molar-refractivity contribution in [3.63, 3.8) is 0 Å². The SMILES string of the molecule is Cc1ccc2c(c1)S(=O)(=O)N=C(c1c(O)c3cccnc3n(Cc3ccccc3)c1=O)N2. The summed E-state index contributed by atoms with van der Waals surface area (Å²) < 4.78 is 30.9. The van der Waals surface area contributed by atoms with Gasteiger partial charge in [-0.3, -0.25) is 9.36 Å². The molecule has 2 aromatic heterocycles. The Hall–Kier alpha value is -3.98. The van der Waals surface area contributed by atoms with Crippen LogP contribution in [0.2, 0.25) is 0 Å². The molecule has 5 rings (SSSR count). The molecule has 0 aliphatic carbocycles. The number of benzene rings is 2. The van der Waals surface area contributed by atoms with E-state index in [1.807, 2.05) is 30.3 Å². The summed E-state index contributed by atoms with van der Waals surface area (Å²) in [7, 11) is -4.07. The van der Waals surface area contributed by atoms with Crippen LogP contribution >= 0.6 is 0 Å². The van der Waals surface area contributed by atoms with Crippen molar-refractivity contribution in [1.82, 2.24) is 9.55 Å². The van der Waals surface area contributed by atoms with Gasteiger partial charge in [0, 0.05) is 6.20 Å². The van der Waals surface area contributed by atoms with Crippen LogP contribution in [0.3, 0.4) is 0 Å². The molecule has 0 saturated carbocycles. The van der Waals surface area contributed by atoms with Gasteiger partial charge in [0.25, 0.3) is 15.6 Å². The number of fused-ring (bicyclic) bond motifs is 2. The van der Waals surface area contributed by atoms with Gasteiger partial charge in [0.2, 0.25) is 0 Å². The fourth-order valence-electron chi connectivity index (χ4n) is 3.76. The molecule has 3 heterocycles. The Morgan fingerprint density at radius 2 is 1.84 bits per heavy atom. The van der Waals surface area contributed by atoms with Gasteiger partial charge in [-0.15, -0.1) is 4.40 Å². The first-order chi connectivity index (χ1) is 15.3. The second-order valence-electron chi connectivity index (χ2n) is 7.51. The van der Waals surface area contributed by atoms with Crippen LogP contribution in [0.1, 0.15) is 16.7 Å². The standard InChI is InChI=1S/C23H18N4O4S/c1-14-9-10-17-18(12-14)32(30,31)26-21(25-17)19-20(28)16-8-5-11-24-22(16)27(23(19)29)13-15-6-3-2-4-7-15/h2-12,28H,13H2,1H3,(H,25,26). The maximum absolute atomic E-state index is 13.5. The highest BCUT2D eigenvalue weighted by molar-refractivity contribution is 7.90. The number of anilines is 1. The number of aryl methyl sites for hydroxylation is 1. The number of amidine groups is 1. The molecule has 0 fully saturated rings. The molecule has 1 aliphatic rings. The summed E-state index contributed by atoms with van der Waals surface area (Å²) in [4.78, 5) is 17.8. The van der Waals surface area contributed by atoms with Gasteiger partial charge in [-0.1, -0.05) is 36.4 Å². The van der Waals surface area contributed by atoms with E-state index in [4.69, 9.17) is 0 Å². The fourth-order valence-corrected chi connectivity index (χ4v) is 4.97. The molecule has 32 heavy (non-hydrogen) atoms. The van der Waals surface area contributed by atoms with Crippen LogP contribution < -0.4 is 10.9 Å². The summed E-state index contributed by atoms with van der Waals surface area (Å²) in [6.07, 6.45) is 1.53. The number of hydrogen-bond acceptors (Lipinski definition) is 6. The first-order valence-corrected chi connectivity index (χ1v) is 11.3. The molecule has 8 nitrogen and oxygen atoms in total. The highest BCUT2D eigenvalue weighted by Crippen LogP contribution is 2.32. The molecule has 0 atom stereocenters. The van der Waals surface area contributed by atoms with Crippen molar-refractivity contribution in [2.75, 3.05) is 5.32 Å². The molecule has 1 aliphatic heterocycles. The minimum atomic E-state index is -4.07. The van der Waals surface area contributed by atoms with Crippen LogP contribution in [0.15, 0.2) is 80.9 Å². The molecule has 4 aromatic rings. The fraction of sp³-hybridized carbons (Fsp3) is 0.0870. The molecule has 0 unspecified atom stereocenters. The number of nitrogens with one attached hydrogen (secondary N) is 1. The van der Waals surface area contributed by atoms with Gasteiger partial charge in [-0.05, 0) is 42.3 Å². The highest BCUT2D eigenvalue weighted by Gasteiger charge is 2.30. The van der Waals surface area contributed by atoms with E-state index in [1.165, 1.54) is 16.8 Å². The lowest BCUT2D eigenvalue weighted by Crippen LogP contribution is -2.33. The summed E-state index contributed by atoms with van der Waals surface area (Å²) in [6.45, 7) is 1.97. The number of pyridine rings is 2. The molecular weight excluding hydrogens is 428 g/mol. The number of sulfonamides is 1. The maximum Gasteiger partial charge on any atom is 0.286 e. The van der Waals surface area contributed by atoms with E-state index in [9.17, 15) is 18.3 Å². The van der Waals surface area contributed by atoms with Crippen molar-refractivity contribution < 1.29 is 13.5 Å². The first-order valence-electron chi connectivity index (χ1n) is 9.82. The highest BCUT2D eigenvalue weighted by atomic mass is 32.2. The van der Waals surface area contributed by atoms with Gasteiger partial charge < -0.3 is 10.4 Å². The Morgan fingerprint density at radius 1 is 1.06 bits per heavy atom. The summed E-state index contributed by atoms with van der Waals surface area (Å²) in [5.41, 5.74) is 1.37. The van der Waals surface area contributed by atoms with Crippen LogP contribution in [0, 0.1) is 6.92 Å². The average Bonchev–Trinajstić information content (AvgIpc) is 2.78. The van der Waals surface area contributed by atoms with Crippen molar-refractivity contribution in [1.29, 1.82) is 0 Å². The molecule has 0 bridgehead atoms. The smallest absolute Gasteiger partial charge is 0.286 e. The third-order valence-corrected chi connectivity index (χ3v) is 6.61. The van der Waals surface area contributed by atoms with Gasteiger partial charge in [0.1, 0.15) is 21.9 Å². The van der Waals surface area contributed by atoms with Crippen molar-refractivity contribution >= 4 is 32.6 Å². The average molecular weight is 446 g/mol. The maximum atomic E-state index is 13.5. The zero-order chi connectivity index (χ0) is 22.5. The Balaban J connectivity index is 1.76. The zero-order valence-electron chi connectivity index (χ0n) is 17.0. The number of aromatic nitrogens is 2. The summed E-state index contributed by atoms with van der Waals surface area (Å²) in [5, 5.41) is 14.2. The molecule has 0 radical (unpaired) electrons. The van der Waals surface area contributed by atoms with Gasteiger partial charge in [0.15, 0.2) is 5.84 Å². The van der Waals surface area contributed by atoms with E-state index >= 15 is 0 Å². The lowest BCUT2D eigenvalue weighted by atomic mass is 10.1. The molecule has 2 N–H and O–H groups in total. The van der Waals surface area contributed by atoms with E-state index in [0.717, 1.165) is 11.1 Å². The topological polar surface area (TPSA) is 114 Å². The van der Waals surface area contributed by atoms with Gasteiger partial charge >= 0.3 is 0 Å². The molecular formula is C23H18N4O4S. The molecule has 9 heteroatoms. The molecule has 0 amide bonds. The lowest BCUT2D eigenvalue weighted by molar-refractivity contribution is 0.477. The second kappa shape index (κ2) is 7.31. The number of hydrogen-bond donors (Lipinski definition) is 2. The normalized spacial score (nSPS) is 14.5. The molecule has 0 saturated heterocycles. The number of nitrogens with zero attached hydrogens (tertiary/aromatic N) is 3. The second-order valence-corrected chi connectivity index (χ2v) is 9.09. The zero-order valence-corrected chi connectivity index (χ0v) is 17.8. The van der Waals surface area contributed by atoms with Crippen molar-refractivity contribution in [2.45, 2.75) is 18.4 Å². The lowest BCUT2D eigenvalue weighted by Gasteiger charge is -2.20. The summed E-state index contributed by atoms with van der Waals surface area (Å²) >= 11 is 0. The van der Waals surface area contributed by atoms with Crippen molar-refractivity contribution in [3.05, 3.63) is 93.9 Å². The third-order valence-electron chi connectivity index (χ3n) is 5.29. The Morgan fingerprint density at radius 3 is 2.62 bits per heavy atom. The van der Waals surface area contributed by atoms with Gasteiger partial charge in [0.05, 0.1) is 17.6 Å². The summed E-state index contributed by atoms with van der Waals surface area (Å²) in [6, 6.07) is 17.4. The number of aromatic hydroxyl groups is 1. The molecule has 2 aromatic carbocycles. The largest absolute Gasteiger partial charge is 0.506 e. The van der Waals surface area contributed by atoms with Crippen LogP contribution in [-0.4, -0.2) is 28.9 Å². The van der Waals surface area contributed by atoms with Crippen molar-refractivity contribution in [2.24, 2.45) is 4.40 Å². The quantitative estimate of drug-likeness (QED) is 0.500. The molecule has 0 spiro atoms. The van der Waals surface area contributed by atoms with Gasteiger partial charge in [-0.25, -0.2) is 4.98 Å². The van der Waals surface area contributed by atoms with E-state index in [-0.39, 0.29) is 34.2 Å². The van der Waals surface area contributed by atoms with Crippen LogP contribution in [0.25, 0.3) is 11.0 Å². The van der Waals surface area contributed by atoms with Crippen LogP contribution in [-0.2, 0) is 16.6 Å². The Bertz CT molecular complexity index is 1580. The minimum Gasteiger partial charge on any atom is -0.506 e. The van der Waals surface area contributed by atoms with Gasteiger partial charge in [-0.2, -0.15) is 8.42 Å². The predicted octanol–water partition coefficient (Wildman–Crippen LogP) is 3.02.